The van der Waals surface area contributed by atoms with E-state index >= 15 is 0 Å². The van der Waals surface area contributed by atoms with Crippen LogP contribution in [0.4, 0.5) is 0 Å². The normalized spacial score (nSPS) is 21.4. The van der Waals surface area contributed by atoms with Crippen LogP contribution < -0.4 is 10.3 Å². The Morgan fingerprint density at radius 2 is 1.83 bits per heavy atom. The van der Waals surface area contributed by atoms with E-state index in [1.54, 1.807) is 30.6 Å². The van der Waals surface area contributed by atoms with Gasteiger partial charge < -0.3 is 14.0 Å². The maximum absolute atomic E-state index is 7.19. The minimum absolute atomic E-state index is 0.249. The van der Waals surface area contributed by atoms with E-state index in [2.05, 4.69) is 9.97 Å². The largest absolute Gasteiger partial charge is 0.516 e. The van der Waals surface area contributed by atoms with E-state index in [9.17, 15) is 0 Å². The van der Waals surface area contributed by atoms with E-state index in [0.29, 0.717) is 16.9 Å². The number of rotatable bonds is 3. The highest BCUT2D eigenvalue weighted by Crippen LogP contribution is 2.36. The number of hydrogen-bond acceptors (Lipinski definition) is 5. The van der Waals surface area contributed by atoms with Gasteiger partial charge in [0.25, 0.3) is 0 Å². The Kier molecular flexibility index (Phi) is 3.05. The van der Waals surface area contributed by atoms with Gasteiger partial charge in [-0.15, -0.1) is 0 Å². The standard InChI is InChI=1S/C17H21BN2O3/c1-16(2)17(3,4)23-18(22-16)15-11-19-14(10-20-15)12-7-6-8-13(9-12)21-5/h6-11H,1-5H3/i5D3. The van der Waals surface area contributed by atoms with Crippen molar-refractivity contribution in [1.29, 1.82) is 0 Å². The van der Waals surface area contributed by atoms with E-state index in [4.69, 9.17) is 18.2 Å². The van der Waals surface area contributed by atoms with Gasteiger partial charge in [-0.2, -0.15) is 0 Å². The van der Waals surface area contributed by atoms with Crippen LogP contribution in [-0.4, -0.2) is 35.3 Å². The molecule has 120 valence electrons. The maximum Gasteiger partial charge on any atom is 0.516 e. The van der Waals surface area contributed by atoms with E-state index in [0.717, 1.165) is 0 Å². The van der Waals surface area contributed by atoms with Crippen LogP contribution in [0, 0.1) is 0 Å². The van der Waals surface area contributed by atoms with Crippen LogP contribution >= 0.6 is 0 Å². The molecule has 0 amide bonds. The smallest absolute Gasteiger partial charge is 0.497 e. The molecule has 1 fully saturated rings. The lowest BCUT2D eigenvalue weighted by Crippen LogP contribution is -2.41. The Bertz CT molecular complexity index is 779. The molecule has 1 aromatic carbocycles. The average Bonchev–Trinajstić information content (AvgIpc) is 2.74. The van der Waals surface area contributed by atoms with Crippen LogP contribution in [0.3, 0.4) is 0 Å². The van der Waals surface area contributed by atoms with Gasteiger partial charge in [0.15, 0.2) is 0 Å². The number of methoxy groups -OCH3 is 1. The summed E-state index contributed by atoms with van der Waals surface area (Å²) in [7, 11) is -3.07. The molecule has 1 saturated heterocycles. The average molecular weight is 315 g/mol. The molecule has 0 radical (unpaired) electrons. The molecule has 0 atom stereocenters. The van der Waals surface area contributed by atoms with Crippen molar-refractivity contribution in [2.75, 3.05) is 7.04 Å². The Morgan fingerprint density at radius 3 is 2.43 bits per heavy atom. The third-order valence-corrected chi connectivity index (χ3v) is 4.41. The Morgan fingerprint density at radius 1 is 1.09 bits per heavy atom. The van der Waals surface area contributed by atoms with E-state index in [1.807, 2.05) is 33.8 Å². The number of ether oxygens (including phenoxy) is 1. The highest BCUT2D eigenvalue weighted by atomic mass is 16.7. The third kappa shape index (κ3) is 2.96. The van der Waals surface area contributed by atoms with Gasteiger partial charge in [-0.1, -0.05) is 12.1 Å². The molecule has 6 heteroatoms. The monoisotopic (exact) mass is 315 g/mol. The Labute approximate surface area is 141 Å². The zero-order valence-electron chi connectivity index (χ0n) is 16.7. The zero-order chi connectivity index (χ0) is 19.2. The van der Waals surface area contributed by atoms with Gasteiger partial charge in [-0.3, -0.25) is 9.97 Å². The van der Waals surface area contributed by atoms with E-state index < -0.39 is 25.4 Å². The first-order valence-electron chi connectivity index (χ1n) is 8.94. The molecule has 3 rings (SSSR count). The van der Waals surface area contributed by atoms with E-state index in [1.165, 1.54) is 0 Å². The number of benzene rings is 1. The SMILES string of the molecule is [2H]C([2H])([2H])Oc1cccc(-c2cnc(B3OC(C)(C)C(C)(C)O3)cn2)c1. The summed E-state index contributed by atoms with van der Waals surface area (Å²) in [6.45, 7) is 7.91. The molecule has 1 aliphatic heterocycles. The van der Waals surface area contributed by atoms with Gasteiger partial charge in [0, 0.05) is 11.8 Å². The lowest BCUT2D eigenvalue weighted by atomic mass is 9.85. The molecule has 1 aliphatic rings. The molecule has 0 unspecified atom stereocenters. The summed E-state index contributed by atoms with van der Waals surface area (Å²) < 4.78 is 38.4. The van der Waals surface area contributed by atoms with Gasteiger partial charge in [-0.05, 0) is 39.8 Å². The summed E-state index contributed by atoms with van der Waals surface area (Å²) in [6, 6.07) is 6.72. The van der Waals surface area contributed by atoms with Crippen molar-refractivity contribution in [2.24, 2.45) is 0 Å². The zero-order valence-corrected chi connectivity index (χ0v) is 13.7. The van der Waals surface area contributed by atoms with Crippen molar-refractivity contribution in [3.05, 3.63) is 36.7 Å². The van der Waals surface area contributed by atoms with Crippen molar-refractivity contribution in [3.8, 4) is 17.0 Å². The van der Waals surface area contributed by atoms with Gasteiger partial charge in [-0.25, -0.2) is 0 Å². The van der Waals surface area contributed by atoms with Crippen molar-refractivity contribution in [2.45, 2.75) is 38.9 Å². The molecule has 0 saturated carbocycles. The molecular weight excluding hydrogens is 291 g/mol. The summed E-state index contributed by atoms with van der Waals surface area (Å²) in [4.78, 5) is 8.82. The molecule has 1 aromatic heterocycles. The van der Waals surface area contributed by atoms with Crippen molar-refractivity contribution in [1.82, 2.24) is 9.97 Å². The van der Waals surface area contributed by atoms with Crippen LogP contribution in [0.1, 0.15) is 31.8 Å². The Hall–Kier alpha value is -1.92. The quantitative estimate of drug-likeness (QED) is 0.814. The first-order valence-corrected chi connectivity index (χ1v) is 7.44. The fourth-order valence-electron chi connectivity index (χ4n) is 2.29. The lowest BCUT2D eigenvalue weighted by Gasteiger charge is -2.32. The first-order chi connectivity index (χ1) is 12.0. The maximum atomic E-state index is 7.19. The summed E-state index contributed by atoms with van der Waals surface area (Å²) in [5.74, 6) is 0.249. The first kappa shape index (κ1) is 12.5. The van der Waals surface area contributed by atoms with Crippen LogP contribution in [0.5, 0.6) is 5.75 Å². The molecule has 0 N–H and O–H groups in total. The summed E-state index contributed by atoms with van der Waals surface area (Å²) in [5.41, 5.74) is 1.00. The van der Waals surface area contributed by atoms with Gasteiger partial charge in [0.05, 0.1) is 39.8 Å². The molecule has 0 aliphatic carbocycles. The predicted octanol–water partition coefficient (Wildman–Crippen LogP) is 2.45. The molecule has 23 heavy (non-hydrogen) atoms. The van der Waals surface area contributed by atoms with Gasteiger partial charge in [0.1, 0.15) is 5.75 Å². The second-order valence-electron chi connectivity index (χ2n) is 6.54. The Balaban J connectivity index is 1.80. The second kappa shape index (κ2) is 5.62. The summed E-state index contributed by atoms with van der Waals surface area (Å²) >= 11 is 0. The van der Waals surface area contributed by atoms with Crippen molar-refractivity contribution >= 4 is 12.7 Å². The summed E-state index contributed by atoms with van der Waals surface area (Å²) in [6.07, 6.45) is 3.21. The predicted molar refractivity (Wildman–Crippen MR) is 89.7 cm³/mol. The lowest BCUT2D eigenvalue weighted by molar-refractivity contribution is 0.00578. The minimum atomic E-state index is -2.50. The number of aromatic nitrogens is 2. The molecule has 2 aromatic rings. The molecule has 0 spiro atoms. The molecule has 2 heterocycles. The molecule has 0 bridgehead atoms. The van der Waals surface area contributed by atoms with Gasteiger partial charge >= 0.3 is 7.12 Å². The summed E-state index contributed by atoms with van der Waals surface area (Å²) in [5, 5.41) is 0. The highest BCUT2D eigenvalue weighted by Gasteiger charge is 2.52. The van der Waals surface area contributed by atoms with Crippen LogP contribution in [0.25, 0.3) is 11.3 Å². The van der Waals surface area contributed by atoms with Gasteiger partial charge in [0.2, 0.25) is 0 Å². The number of nitrogens with zero attached hydrogens (tertiary/aromatic N) is 2. The van der Waals surface area contributed by atoms with Crippen LogP contribution in [0.2, 0.25) is 0 Å². The number of hydrogen-bond donors (Lipinski definition) is 0. The van der Waals surface area contributed by atoms with Crippen molar-refractivity contribution in [3.63, 3.8) is 0 Å². The second-order valence-corrected chi connectivity index (χ2v) is 6.54. The third-order valence-electron chi connectivity index (χ3n) is 4.41. The van der Waals surface area contributed by atoms with Crippen LogP contribution in [0.15, 0.2) is 36.7 Å². The fraction of sp³-hybridized carbons (Fsp3) is 0.412. The molecule has 5 nitrogen and oxygen atoms in total. The fourth-order valence-corrected chi connectivity index (χ4v) is 2.29. The molecular formula is C17H21BN2O3. The minimum Gasteiger partial charge on any atom is -0.497 e. The van der Waals surface area contributed by atoms with Crippen molar-refractivity contribution < 1.29 is 18.2 Å². The topological polar surface area (TPSA) is 53.5 Å². The highest BCUT2D eigenvalue weighted by molar-refractivity contribution is 6.61. The van der Waals surface area contributed by atoms with E-state index in [-0.39, 0.29) is 5.75 Å². The van der Waals surface area contributed by atoms with Crippen LogP contribution in [-0.2, 0) is 9.31 Å².